The van der Waals surface area contributed by atoms with E-state index in [0.717, 1.165) is 5.56 Å². The van der Waals surface area contributed by atoms with Crippen molar-refractivity contribution in [3.05, 3.63) is 59.1 Å². The van der Waals surface area contributed by atoms with E-state index in [4.69, 9.17) is 16.6 Å². The van der Waals surface area contributed by atoms with Gasteiger partial charge in [0.15, 0.2) is 5.11 Å². The predicted octanol–water partition coefficient (Wildman–Crippen LogP) is 2.73. The van der Waals surface area contributed by atoms with Crippen molar-refractivity contribution < 1.29 is 14.0 Å². The first-order valence-corrected chi connectivity index (χ1v) is 7.41. The molecule has 2 amide bonds. The summed E-state index contributed by atoms with van der Waals surface area (Å²) in [6, 6.07) is 10.8. The maximum absolute atomic E-state index is 12.7. The second-order valence-corrected chi connectivity index (χ2v) is 5.63. The number of carbonyl (C=O) groups excluding carboxylic acids is 2. The van der Waals surface area contributed by atoms with Gasteiger partial charge in [-0.25, -0.2) is 0 Å². The molecule has 0 aliphatic carbocycles. The van der Waals surface area contributed by atoms with Crippen LogP contribution in [0.15, 0.2) is 46.4 Å². The highest BCUT2D eigenvalue weighted by Crippen LogP contribution is 2.23. The van der Waals surface area contributed by atoms with Crippen LogP contribution in [0.2, 0.25) is 0 Å². The molecule has 0 bridgehead atoms. The fraction of sp³-hybridized carbons (Fsp3) is 0.118. The van der Waals surface area contributed by atoms with E-state index in [1.807, 2.05) is 25.1 Å². The molecule has 1 aliphatic heterocycles. The number of nitrogens with zero attached hydrogens (tertiary/aromatic N) is 1. The van der Waals surface area contributed by atoms with Crippen LogP contribution in [0.5, 0.6) is 0 Å². The fourth-order valence-electron chi connectivity index (χ4n) is 2.33. The first-order chi connectivity index (χ1) is 11.0. The number of hydrogen-bond donors (Lipinski definition) is 1. The van der Waals surface area contributed by atoms with Gasteiger partial charge in [0.25, 0.3) is 11.8 Å². The maximum atomic E-state index is 12.7. The summed E-state index contributed by atoms with van der Waals surface area (Å²) in [4.78, 5) is 26.2. The summed E-state index contributed by atoms with van der Waals surface area (Å²) in [6.07, 6.45) is 1.43. The van der Waals surface area contributed by atoms with E-state index in [9.17, 15) is 9.59 Å². The summed E-state index contributed by atoms with van der Waals surface area (Å²) in [5, 5.41) is 2.61. The zero-order valence-corrected chi connectivity index (χ0v) is 13.4. The minimum atomic E-state index is -0.530. The van der Waals surface area contributed by atoms with E-state index in [-0.39, 0.29) is 10.7 Å². The zero-order chi connectivity index (χ0) is 16.6. The first-order valence-electron chi connectivity index (χ1n) is 7.00. The van der Waals surface area contributed by atoms with Crippen molar-refractivity contribution in [3.8, 4) is 0 Å². The lowest BCUT2D eigenvalue weighted by molar-refractivity contribution is -0.122. The molecule has 1 aromatic carbocycles. The molecule has 3 rings (SSSR count). The van der Waals surface area contributed by atoms with Gasteiger partial charge in [0.2, 0.25) is 0 Å². The summed E-state index contributed by atoms with van der Waals surface area (Å²) in [6.45, 7) is 3.71. The molecular weight excluding hydrogens is 312 g/mol. The molecule has 0 spiro atoms. The van der Waals surface area contributed by atoms with E-state index in [0.29, 0.717) is 17.2 Å². The molecule has 23 heavy (non-hydrogen) atoms. The first kappa shape index (κ1) is 15.2. The van der Waals surface area contributed by atoms with Crippen LogP contribution in [0, 0.1) is 13.8 Å². The van der Waals surface area contributed by atoms with E-state index in [2.05, 4.69) is 5.32 Å². The highest BCUT2D eigenvalue weighted by atomic mass is 32.1. The van der Waals surface area contributed by atoms with Crippen LogP contribution in [-0.4, -0.2) is 16.9 Å². The minimum Gasteiger partial charge on any atom is -0.462 e. The Bertz CT molecular complexity index is 851. The smallest absolute Gasteiger partial charge is 0.270 e. The van der Waals surface area contributed by atoms with E-state index in [1.54, 1.807) is 25.1 Å². The predicted molar refractivity (Wildman–Crippen MR) is 90.8 cm³/mol. The van der Waals surface area contributed by atoms with Crippen LogP contribution in [0.3, 0.4) is 0 Å². The summed E-state index contributed by atoms with van der Waals surface area (Å²) >= 11 is 5.15. The fourth-order valence-corrected chi connectivity index (χ4v) is 2.61. The molecule has 0 atom stereocenters. The third kappa shape index (κ3) is 2.93. The van der Waals surface area contributed by atoms with Crippen molar-refractivity contribution in [2.75, 3.05) is 4.90 Å². The Morgan fingerprint density at radius 2 is 1.96 bits per heavy atom. The summed E-state index contributed by atoms with van der Waals surface area (Å²) in [7, 11) is 0. The molecule has 1 saturated heterocycles. The number of benzene rings is 1. The van der Waals surface area contributed by atoms with Crippen molar-refractivity contribution in [2.45, 2.75) is 13.8 Å². The molecule has 0 radical (unpaired) electrons. The van der Waals surface area contributed by atoms with Gasteiger partial charge in [0, 0.05) is 0 Å². The molecule has 2 aromatic rings. The molecule has 1 N–H and O–H groups in total. The Kier molecular flexibility index (Phi) is 3.83. The second-order valence-electron chi connectivity index (χ2n) is 5.25. The van der Waals surface area contributed by atoms with Crippen molar-refractivity contribution in [3.63, 3.8) is 0 Å². The lowest BCUT2D eigenvalue weighted by Gasteiger charge is -2.28. The SMILES string of the molecule is Cc1cccc(N2C(=O)C(=Cc3ccc(C)o3)C(=O)NC2=S)c1. The van der Waals surface area contributed by atoms with Crippen molar-refractivity contribution in [1.82, 2.24) is 5.32 Å². The van der Waals surface area contributed by atoms with Gasteiger partial charge in [-0.05, 0) is 62.0 Å². The van der Waals surface area contributed by atoms with Crippen molar-refractivity contribution >= 4 is 40.9 Å². The standard InChI is InChI=1S/C17H14N2O3S/c1-10-4-3-5-12(8-10)19-16(21)14(15(20)18-17(19)23)9-13-7-6-11(2)22-13/h3-9H,1-2H3,(H,18,20,23). The third-order valence-corrected chi connectivity index (χ3v) is 3.69. The van der Waals surface area contributed by atoms with Gasteiger partial charge in [0.1, 0.15) is 17.1 Å². The number of anilines is 1. The topological polar surface area (TPSA) is 62.6 Å². The van der Waals surface area contributed by atoms with E-state index >= 15 is 0 Å². The van der Waals surface area contributed by atoms with E-state index in [1.165, 1.54) is 11.0 Å². The number of furan rings is 1. The Morgan fingerprint density at radius 3 is 2.61 bits per heavy atom. The van der Waals surface area contributed by atoms with Crippen LogP contribution in [0.4, 0.5) is 5.69 Å². The average Bonchev–Trinajstić information content (AvgIpc) is 2.89. The number of carbonyl (C=O) groups is 2. The Balaban J connectivity index is 2.02. The van der Waals surface area contributed by atoms with Gasteiger partial charge in [-0.2, -0.15) is 0 Å². The molecular formula is C17H14N2O3S. The molecule has 1 aromatic heterocycles. The summed E-state index contributed by atoms with van der Waals surface area (Å²) in [5.41, 5.74) is 1.58. The molecule has 1 aliphatic rings. The zero-order valence-electron chi connectivity index (χ0n) is 12.6. The second kappa shape index (κ2) is 5.81. The number of hydrogen-bond acceptors (Lipinski definition) is 4. The molecule has 6 heteroatoms. The van der Waals surface area contributed by atoms with Crippen molar-refractivity contribution in [1.29, 1.82) is 0 Å². The lowest BCUT2D eigenvalue weighted by Crippen LogP contribution is -2.54. The number of rotatable bonds is 2. The van der Waals surface area contributed by atoms with Gasteiger partial charge < -0.3 is 4.42 Å². The van der Waals surface area contributed by atoms with Gasteiger partial charge in [0.05, 0.1) is 5.69 Å². The van der Waals surface area contributed by atoms with Crippen LogP contribution in [0.1, 0.15) is 17.1 Å². The van der Waals surface area contributed by atoms with Crippen LogP contribution in [0.25, 0.3) is 6.08 Å². The van der Waals surface area contributed by atoms with Gasteiger partial charge in [-0.15, -0.1) is 0 Å². The van der Waals surface area contributed by atoms with Gasteiger partial charge >= 0.3 is 0 Å². The van der Waals surface area contributed by atoms with Gasteiger partial charge in [-0.1, -0.05) is 12.1 Å². The van der Waals surface area contributed by atoms with Gasteiger partial charge in [-0.3, -0.25) is 19.8 Å². The molecule has 2 heterocycles. The van der Waals surface area contributed by atoms with Crippen LogP contribution in [-0.2, 0) is 9.59 Å². The molecule has 116 valence electrons. The average molecular weight is 326 g/mol. The molecule has 0 saturated carbocycles. The lowest BCUT2D eigenvalue weighted by atomic mass is 10.1. The molecule has 0 unspecified atom stereocenters. The molecule has 5 nitrogen and oxygen atoms in total. The largest absolute Gasteiger partial charge is 0.462 e. The van der Waals surface area contributed by atoms with Crippen molar-refractivity contribution in [2.24, 2.45) is 0 Å². The number of nitrogens with one attached hydrogen (secondary N) is 1. The monoisotopic (exact) mass is 326 g/mol. The molecule has 1 fully saturated rings. The normalized spacial score (nSPS) is 16.9. The Hall–Kier alpha value is -2.73. The quantitative estimate of drug-likeness (QED) is 0.524. The number of thiocarbonyl (C=S) groups is 1. The number of aryl methyl sites for hydroxylation is 2. The van der Waals surface area contributed by atoms with Crippen LogP contribution < -0.4 is 10.2 Å². The summed E-state index contributed by atoms with van der Waals surface area (Å²) < 4.78 is 5.41. The third-order valence-electron chi connectivity index (χ3n) is 3.41. The van der Waals surface area contributed by atoms with E-state index < -0.39 is 11.8 Å². The minimum absolute atomic E-state index is 0.0190. The Labute approximate surface area is 138 Å². The Morgan fingerprint density at radius 1 is 1.17 bits per heavy atom. The number of amides is 2. The van der Waals surface area contributed by atoms with Crippen LogP contribution >= 0.6 is 12.2 Å². The highest BCUT2D eigenvalue weighted by molar-refractivity contribution is 7.80. The highest BCUT2D eigenvalue weighted by Gasteiger charge is 2.34. The maximum Gasteiger partial charge on any atom is 0.270 e. The summed E-state index contributed by atoms with van der Waals surface area (Å²) in [5.74, 6) is 0.140.